The zero-order chi connectivity index (χ0) is 25.0. The summed E-state index contributed by atoms with van der Waals surface area (Å²) in [5.41, 5.74) is 10.6. The topological polar surface area (TPSA) is 231 Å². The lowest BCUT2D eigenvalue weighted by Crippen LogP contribution is -2.57. The number of carboxylic acid groups (broad SMARTS) is 2. The Morgan fingerprint density at radius 2 is 1.22 bits per heavy atom. The summed E-state index contributed by atoms with van der Waals surface area (Å²) in [5, 5.41) is 25.0. The van der Waals surface area contributed by atoms with Crippen LogP contribution in [0.2, 0.25) is 0 Å². The zero-order valence-corrected chi connectivity index (χ0v) is 18.4. The third-order valence-electron chi connectivity index (χ3n) is 4.33. The van der Waals surface area contributed by atoms with Crippen LogP contribution in [0.5, 0.6) is 0 Å². The highest BCUT2D eigenvalue weighted by molar-refractivity contribution is 5.94. The molecule has 0 aliphatic rings. The third-order valence-corrected chi connectivity index (χ3v) is 4.33. The minimum atomic E-state index is -1.52. The molecule has 0 aromatic heterocycles. The van der Waals surface area contributed by atoms with Gasteiger partial charge < -0.3 is 37.6 Å². The highest BCUT2D eigenvalue weighted by atomic mass is 16.4. The van der Waals surface area contributed by atoms with Crippen LogP contribution in [-0.2, 0) is 28.8 Å². The number of hydrogen-bond donors (Lipinski definition) is 7. The van der Waals surface area contributed by atoms with Crippen molar-refractivity contribution in [3.63, 3.8) is 0 Å². The number of nitrogens with two attached hydrogens (primary N) is 2. The Kier molecular flexibility index (Phi) is 12.6. The molecule has 0 aromatic rings. The van der Waals surface area contributed by atoms with Gasteiger partial charge in [-0.15, -0.1) is 0 Å². The van der Waals surface area contributed by atoms with Gasteiger partial charge in [-0.2, -0.15) is 0 Å². The quantitative estimate of drug-likeness (QED) is 0.144. The molecule has 0 bridgehead atoms. The van der Waals surface area contributed by atoms with Gasteiger partial charge in [-0.3, -0.25) is 24.0 Å². The summed E-state index contributed by atoms with van der Waals surface area (Å²) in [6.45, 7) is 5.07. The van der Waals surface area contributed by atoms with E-state index < -0.39 is 66.2 Å². The van der Waals surface area contributed by atoms with Crippen LogP contribution in [0.1, 0.15) is 52.9 Å². The molecule has 0 spiro atoms. The van der Waals surface area contributed by atoms with Gasteiger partial charge in [0.2, 0.25) is 23.6 Å². The van der Waals surface area contributed by atoms with Crippen molar-refractivity contribution in [1.82, 2.24) is 16.0 Å². The van der Waals surface area contributed by atoms with Crippen LogP contribution in [0.25, 0.3) is 0 Å². The number of carbonyl (C=O) groups is 6. The van der Waals surface area contributed by atoms with Crippen molar-refractivity contribution < 1.29 is 39.0 Å². The normalized spacial score (nSPS) is 14.5. The van der Waals surface area contributed by atoms with Crippen LogP contribution in [0, 0.1) is 5.92 Å². The minimum Gasteiger partial charge on any atom is -0.481 e. The first-order chi connectivity index (χ1) is 14.7. The van der Waals surface area contributed by atoms with Gasteiger partial charge in [0, 0.05) is 12.8 Å². The van der Waals surface area contributed by atoms with Crippen LogP contribution in [0.4, 0.5) is 0 Å². The molecule has 13 nitrogen and oxygen atoms in total. The van der Waals surface area contributed by atoms with Gasteiger partial charge in [0.1, 0.15) is 18.1 Å². The van der Waals surface area contributed by atoms with Crippen molar-refractivity contribution in [3.05, 3.63) is 0 Å². The second-order valence-corrected chi connectivity index (χ2v) is 7.88. The van der Waals surface area contributed by atoms with E-state index in [0.29, 0.717) is 0 Å². The van der Waals surface area contributed by atoms with Crippen molar-refractivity contribution in [3.8, 4) is 0 Å². The van der Waals surface area contributed by atoms with E-state index in [1.54, 1.807) is 0 Å². The summed E-state index contributed by atoms with van der Waals surface area (Å²) in [6, 6.07) is -4.77. The first-order valence-corrected chi connectivity index (χ1v) is 10.1. The van der Waals surface area contributed by atoms with Crippen LogP contribution in [0.15, 0.2) is 0 Å². The molecule has 32 heavy (non-hydrogen) atoms. The van der Waals surface area contributed by atoms with Crippen molar-refractivity contribution in [1.29, 1.82) is 0 Å². The van der Waals surface area contributed by atoms with Gasteiger partial charge in [-0.25, -0.2) is 4.79 Å². The second kappa shape index (κ2) is 14.0. The van der Waals surface area contributed by atoms with Gasteiger partial charge in [-0.1, -0.05) is 13.8 Å². The molecule has 0 saturated carbocycles. The number of primary amides is 1. The molecule has 0 rings (SSSR count). The second-order valence-electron chi connectivity index (χ2n) is 7.88. The Morgan fingerprint density at radius 1 is 0.750 bits per heavy atom. The molecule has 0 aromatic carbocycles. The summed E-state index contributed by atoms with van der Waals surface area (Å²) < 4.78 is 0. The van der Waals surface area contributed by atoms with E-state index in [1.165, 1.54) is 6.92 Å². The largest absolute Gasteiger partial charge is 0.481 e. The average Bonchev–Trinajstić information content (AvgIpc) is 2.66. The number of carboxylic acids is 2. The molecule has 182 valence electrons. The van der Waals surface area contributed by atoms with Gasteiger partial charge in [0.25, 0.3) is 0 Å². The lowest BCUT2D eigenvalue weighted by atomic mass is 10.0. The van der Waals surface area contributed by atoms with Gasteiger partial charge in [0.05, 0.1) is 6.04 Å². The van der Waals surface area contributed by atoms with Crippen LogP contribution >= 0.6 is 0 Å². The lowest BCUT2D eigenvalue weighted by molar-refractivity contribution is -0.143. The Balaban J connectivity index is 5.50. The maximum atomic E-state index is 12.8. The molecule has 4 atom stereocenters. The molecule has 4 unspecified atom stereocenters. The molecule has 0 fully saturated rings. The summed E-state index contributed by atoms with van der Waals surface area (Å²) in [7, 11) is 0. The van der Waals surface area contributed by atoms with E-state index in [0.717, 1.165) is 0 Å². The van der Waals surface area contributed by atoms with E-state index in [9.17, 15) is 33.9 Å². The van der Waals surface area contributed by atoms with Crippen molar-refractivity contribution in [2.75, 3.05) is 0 Å². The van der Waals surface area contributed by atoms with E-state index in [4.69, 9.17) is 16.6 Å². The van der Waals surface area contributed by atoms with Crippen molar-refractivity contribution >= 4 is 35.6 Å². The van der Waals surface area contributed by atoms with E-state index in [2.05, 4.69) is 16.0 Å². The Morgan fingerprint density at radius 3 is 1.66 bits per heavy atom. The van der Waals surface area contributed by atoms with Crippen molar-refractivity contribution in [2.45, 2.75) is 77.0 Å². The molecule has 13 heteroatoms. The fourth-order valence-electron chi connectivity index (χ4n) is 2.63. The van der Waals surface area contributed by atoms with E-state index >= 15 is 0 Å². The van der Waals surface area contributed by atoms with Gasteiger partial charge in [0.15, 0.2) is 0 Å². The molecular weight excluding hydrogens is 426 g/mol. The monoisotopic (exact) mass is 459 g/mol. The molecular formula is C19H33N5O8. The fraction of sp³-hybridized carbons (Fsp3) is 0.684. The number of hydrogen-bond acceptors (Lipinski definition) is 7. The predicted octanol–water partition coefficient (Wildman–Crippen LogP) is -1.95. The minimum absolute atomic E-state index is 0.00978. The smallest absolute Gasteiger partial charge is 0.326 e. The maximum Gasteiger partial charge on any atom is 0.326 e. The zero-order valence-electron chi connectivity index (χ0n) is 18.4. The number of amides is 4. The number of rotatable bonds is 15. The summed E-state index contributed by atoms with van der Waals surface area (Å²) in [5.74, 6) is -5.70. The molecule has 0 radical (unpaired) electrons. The highest BCUT2D eigenvalue weighted by Crippen LogP contribution is 2.08. The Hall–Kier alpha value is -3.22. The molecule has 4 amide bonds. The van der Waals surface area contributed by atoms with E-state index in [1.807, 2.05) is 13.8 Å². The van der Waals surface area contributed by atoms with Gasteiger partial charge in [-0.05, 0) is 32.1 Å². The summed E-state index contributed by atoms with van der Waals surface area (Å²) in [6.07, 6.45) is -1.17. The standard InChI is InChI=1S/C19H33N5O8/c1-9(2)8-13(24-16(28)10(3)20)18(30)22-11(4-6-14(21)25)17(29)23-12(19(31)32)5-7-15(26)27/h9-13H,4-8,20H2,1-3H3,(H2,21,25)(H,22,30)(H,23,29)(H,24,28)(H,26,27)(H,31,32). The van der Waals surface area contributed by atoms with Crippen LogP contribution in [-0.4, -0.2) is 69.9 Å². The van der Waals surface area contributed by atoms with E-state index in [-0.39, 0.29) is 31.6 Å². The first kappa shape index (κ1) is 28.8. The molecule has 0 heterocycles. The lowest BCUT2D eigenvalue weighted by Gasteiger charge is -2.25. The molecule has 9 N–H and O–H groups in total. The summed E-state index contributed by atoms with van der Waals surface area (Å²) in [4.78, 5) is 70.6. The molecule has 0 aliphatic carbocycles. The highest BCUT2D eigenvalue weighted by Gasteiger charge is 2.30. The number of aliphatic carboxylic acids is 2. The van der Waals surface area contributed by atoms with Crippen LogP contribution < -0.4 is 27.4 Å². The average molecular weight is 460 g/mol. The van der Waals surface area contributed by atoms with Crippen LogP contribution in [0.3, 0.4) is 0 Å². The maximum absolute atomic E-state index is 12.8. The summed E-state index contributed by atoms with van der Waals surface area (Å²) >= 11 is 0. The molecule has 0 aliphatic heterocycles. The molecule has 0 saturated heterocycles. The predicted molar refractivity (Wildman–Crippen MR) is 112 cm³/mol. The Bertz CT molecular complexity index is 710. The number of carbonyl (C=O) groups excluding carboxylic acids is 4. The van der Waals surface area contributed by atoms with Gasteiger partial charge >= 0.3 is 11.9 Å². The first-order valence-electron chi connectivity index (χ1n) is 10.1. The number of nitrogens with one attached hydrogen (secondary N) is 3. The SMILES string of the molecule is CC(C)CC(NC(=O)C(C)N)C(=O)NC(CCC(N)=O)C(=O)NC(CCC(=O)O)C(=O)O. The Labute approximate surface area is 185 Å². The fourth-order valence-corrected chi connectivity index (χ4v) is 2.63. The van der Waals surface area contributed by atoms with Crippen molar-refractivity contribution in [2.24, 2.45) is 17.4 Å². The third kappa shape index (κ3) is 11.8.